The van der Waals surface area contributed by atoms with Crippen molar-refractivity contribution in [3.63, 3.8) is 0 Å². The van der Waals surface area contributed by atoms with Gasteiger partial charge in [-0.15, -0.1) is 0 Å². The zero-order valence-electron chi connectivity index (χ0n) is 14.4. The lowest BCUT2D eigenvalue weighted by Crippen LogP contribution is -2.62. The van der Waals surface area contributed by atoms with Gasteiger partial charge in [0, 0.05) is 16.6 Å². The van der Waals surface area contributed by atoms with Crippen LogP contribution in [-0.2, 0) is 4.79 Å². The monoisotopic (exact) mass is 396 g/mol. The second-order valence-electron chi connectivity index (χ2n) is 8.06. The molecule has 4 aliphatic carbocycles. The smallest absolute Gasteiger partial charge is 0.321 e. The third-order valence-electron chi connectivity index (χ3n) is 5.92. The molecule has 26 heavy (non-hydrogen) atoms. The van der Waals surface area contributed by atoms with Crippen molar-refractivity contribution in [1.29, 1.82) is 0 Å². The standard InChI is InChI=1S/C19H22Cl2N2O3/c20-14-1-2-15(21)16(6-14)26-10-17(24)22-18(25)23-19-7-11-3-12(8-19)5-13(4-11)9-19/h1-2,6,11-13H,3-5,7-10H2,(H2,22,23,24,25). The van der Waals surface area contributed by atoms with E-state index >= 15 is 0 Å². The van der Waals surface area contributed by atoms with E-state index < -0.39 is 11.9 Å². The van der Waals surface area contributed by atoms with E-state index in [1.807, 2.05) is 0 Å². The van der Waals surface area contributed by atoms with Gasteiger partial charge in [-0.3, -0.25) is 10.1 Å². The molecule has 140 valence electrons. The molecule has 0 aromatic heterocycles. The molecule has 5 rings (SSSR count). The van der Waals surface area contributed by atoms with Gasteiger partial charge < -0.3 is 10.1 Å². The Morgan fingerprint density at radius 2 is 1.69 bits per heavy atom. The number of ether oxygens (including phenoxy) is 1. The summed E-state index contributed by atoms with van der Waals surface area (Å²) in [5.74, 6) is 1.99. The molecule has 4 saturated carbocycles. The van der Waals surface area contributed by atoms with Gasteiger partial charge in [-0.25, -0.2) is 4.79 Å². The number of urea groups is 1. The number of imide groups is 1. The van der Waals surface area contributed by atoms with Gasteiger partial charge in [-0.05, 0) is 68.4 Å². The Bertz CT molecular complexity index is 702. The van der Waals surface area contributed by atoms with E-state index in [4.69, 9.17) is 27.9 Å². The molecule has 7 heteroatoms. The van der Waals surface area contributed by atoms with Crippen LogP contribution in [0, 0.1) is 17.8 Å². The van der Waals surface area contributed by atoms with Crippen LogP contribution >= 0.6 is 23.2 Å². The van der Waals surface area contributed by atoms with Crippen LogP contribution in [0.5, 0.6) is 5.75 Å². The average Bonchev–Trinajstić information content (AvgIpc) is 2.53. The maximum absolute atomic E-state index is 12.3. The molecule has 1 aromatic rings. The fraction of sp³-hybridized carbons (Fsp3) is 0.579. The van der Waals surface area contributed by atoms with Crippen LogP contribution in [0.2, 0.25) is 10.0 Å². The van der Waals surface area contributed by atoms with Crippen LogP contribution in [0.3, 0.4) is 0 Å². The lowest BCUT2D eigenvalue weighted by atomic mass is 9.53. The first-order valence-corrected chi connectivity index (χ1v) is 9.86. The van der Waals surface area contributed by atoms with Crippen molar-refractivity contribution in [2.75, 3.05) is 6.61 Å². The van der Waals surface area contributed by atoms with Crippen LogP contribution in [0.4, 0.5) is 4.79 Å². The highest BCUT2D eigenvalue weighted by Gasteiger charge is 2.51. The first-order chi connectivity index (χ1) is 12.4. The molecule has 4 aliphatic rings. The van der Waals surface area contributed by atoms with Gasteiger partial charge in [0.15, 0.2) is 6.61 Å². The van der Waals surface area contributed by atoms with E-state index in [1.165, 1.54) is 25.3 Å². The van der Waals surface area contributed by atoms with Gasteiger partial charge in [0.1, 0.15) is 5.75 Å². The third kappa shape index (κ3) is 3.79. The van der Waals surface area contributed by atoms with Gasteiger partial charge in [0.25, 0.3) is 5.91 Å². The fourth-order valence-corrected chi connectivity index (χ4v) is 5.76. The zero-order valence-corrected chi connectivity index (χ0v) is 15.9. The predicted molar refractivity (Wildman–Crippen MR) is 99.5 cm³/mol. The van der Waals surface area contributed by atoms with Crippen molar-refractivity contribution in [2.24, 2.45) is 17.8 Å². The van der Waals surface area contributed by atoms with Gasteiger partial charge in [-0.1, -0.05) is 23.2 Å². The van der Waals surface area contributed by atoms with E-state index in [0.29, 0.717) is 15.8 Å². The van der Waals surface area contributed by atoms with E-state index in [-0.39, 0.29) is 12.1 Å². The summed E-state index contributed by atoms with van der Waals surface area (Å²) in [6.45, 7) is -0.297. The molecule has 5 nitrogen and oxygen atoms in total. The first-order valence-electron chi connectivity index (χ1n) is 9.11. The molecule has 0 heterocycles. The minimum Gasteiger partial charge on any atom is -0.482 e. The van der Waals surface area contributed by atoms with Crippen LogP contribution in [-0.4, -0.2) is 24.1 Å². The number of amides is 3. The van der Waals surface area contributed by atoms with Crippen LogP contribution in [0.25, 0.3) is 0 Å². The average molecular weight is 397 g/mol. The normalized spacial score (nSPS) is 31.5. The van der Waals surface area contributed by atoms with Gasteiger partial charge in [0.2, 0.25) is 0 Å². The number of carbonyl (C=O) groups is 2. The summed E-state index contributed by atoms with van der Waals surface area (Å²) in [6, 6.07) is 4.33. The number of benzene rings is 1. The summed E-state index contributed by atoms with van der Waals surface area (Å²) in [6.07, 6.45) is 7.01. The number of hydrogen-bond donors (Lipinski definition) is 2. The van der Waals surface area contributed by atoms with Crippen LogP contribution < -0.4 is 15.4 Å². The first kappa shape index (κ1) is 17.9. The Labute approximate surface area is 162 Å². The molecular weight excluding hydrogens is 375 g/mol. The molecule has 0 unspecified atom stereocenters. The Kier molecular flexibility index (Phi) is 4.78. The van der Waals surface area contributed by atoms with E-state index in [2.05, 4.69) is 10.6 Å². The Hall–Kier alpha value is -1.46. The van der Waals surface area contributed by atoms with E-state index in [0.717, 1.165) is 37.0 Å². The highest BCUT2D eigenvalue weighted by atomic mass is 35.5. The van der Waals surface area contributed by atoms with E-state index in [9.17, 15) is 9.59 Å². The molecular formula is C19H22Cl2N2O3. The molecule has 4 fully saturated rings. The van der Waals surface area contributed by atoms with Gasteiger partial charge >= 0.3 is 6.03 Å². The summed E-state index contributed by atoms with van der Waals surface area (Å²) in [4.78, 5) is 24.4. The largest absolute Gasteiger partial charge is 0.482 e. The number of hydrogen-bond acceptors (Lipinski definition) is 3. The number of rotatable bonds is 4. The fourth-order valence-electron chi connectivity index (χ4n) is 5.43. The predicted octanol–water partition coefficient (Wildman–Crippen LogP) is 4.17. The SMILES string of the molecule is O=C(COc1cc(Cl)ccc1Cl)NC(=O)NC12CC3CC(CC(C3)C1)C2. The number of halogens is 2. The highest BCUT2D eigenvalue weighted by Crippen LogP contribution is 2.55. The van der Waals surface area contributed by atoms with Crippen LogP contribution in [0.1, 0.15) is 38.5 Å². The number of carbonyl (C=O) groups excluding carboxylic acids is 2. The lowest BCUT2D eigenvalue weighted by molar-refractivity contribution is -0.122. The molecule has 0 atom stereocenters. The second kappa shape index (κ2) is 6.93. The quantitative estimate of drug-likeness (QED) is 0.802. The van der Waals surface area contributed by atoms with Crippen molar-refractivity contribution in [1.82, 2.24) is 10.6 Å². The Balaban J connectivity index is 1.29. The van der Waals surface area contributed by atoms with E-state index in [1.54, 1.807) is 12.1 Å². The maximum atomic E-state index is 12.3. The molecule has 1 aromatic carbocycles. The highest BCUT2D eigenvalue weighted by molar-refractivity contribution is 6.34. The molecule has 0 saturated heterocycles. The lowest BCUT2D eigenvalue weighted by Gasteiger charge is -2.56. The number of nitrogens with one attached hydrogen (secondary N) is 2. The Morgan fingerprint density at radius 1 is 1.08 bits per heavy atom. The Morgan fingerprint density at radius 3 is 2.31 bits per heavy atom. The summed E-state index contributed by atoms with van der Waals surface area (Å²) >= 11 is 11.9. The summed E-state index contributed by atoms with van der Waals surface area (Å²) < 4.78 is 5.37. The van der Waals surface area contributed by atoms with Gasteiger partial charge in [-0.2, -0.15) is 0 Å². The molecule has 4 bridgehead atoms. The third-order valence-corrected chi connectivity index (χ3v) is 6.47. The maximum Gasteiger partial charge on any atom is 0.321 e. The molecule has 0 radical (unpaired) electrons. The van der Waals surface area contributed by atoms with Crippen molar-refractivity contribution in [2.45, 2.75) is 44.1 Å². The topological polar surface area (TPSA) is 67.4 Å². The minimum absolute atomic E-state index is 0.129. The second-order valence-corrected chi connectivity index (χ2v) is 8.91. The minimum atomic E-state index is -0.511. The van der Waals surface area contributed by atoms with Crippen molar-refractivity contribution in [3.05, 3.63) is 28.2 Å². The van der Waals surface area contributed by atoms with Gasteiger partial charge in [0.05, 0.1) is 5.02 Å². The summed E-state index contributed by atoms with van der Waals surface area (Å²) in [7, 11) is 0. The molecule has 0 spiro atoms. The zero-order chi connectivity index (χ0) is 18.3. The summed E-state index contributed by atoms with van der Waals surface area (Å²) in [5.41, 5.74) is -0.129. The van der Waals surface area contributed by atoms with Crippen molar-refractivity contribution in [3.8, 4) is 5.75 Å². The van der Waals surface area contributed by atoms with Crippen LogP contribution in [0.15, 0.2) is 18.2 Å². The molecule has 3 amide bonds. The summed E-state index contributed by atoms with van der Waals surface area (Å²) in [5, 5.41) is 6.29. The van der Waals surface area contributed by atoms with Crippen molar-refractivity contribution < 1.29 is 14.3 Å². The molecule has 0 aliphatic heterocycles. The van der Waals surface area contributed by atoms with Crippen molar-refractivity contribution >= 4 is 35.1 Å². The molecule has 2 N–H and O–H groups in total.